The van der Waals surface area contributed by atoms with Crippen molar-refractivity contribution in [3.63, 3.8) is 0 Å². The minimum atomic E-state index is -0.853. The van der Waals surface area contributed by atoms with Crippen molar-refractivity contribution in [3.05, 3.63) is 24.3 Å². The summed E-state index contributed by atoms with van der Waals surface area (Å²) in [5.41, 5.74) is 0. The third kappa shape index (κ3) is 51.7. The van der Waals surface area contributed by atoms with Crippen molar-refractivity contribution in [2.75, 3.05) is 13.2 Å². The molecule has 0 aromatic heterocycles. The summed E-state index contributed by atoms with van der Waals surface area (Å²) in [5, 5.41) is 23.2. The lowest BCUT2D eigenvalue weighted by Gasteiger charge is -2.20. The number of allylic oxidation sites excluding steroid dienone is 3. The summed E-state index contributed by atoms with van der Waals surface area (Å²) < 4.78 is 5.46. The second-order valence-electron chi connectivity index (χ2n) is 20.3. The van der Waals surface area contributed by atoms with E-state index in [0.29, 0.717) is 19.4 Å². The van der Waals surface area contributed by atoms with Gasteiger partial charge in [-0.2, -0.15) is 0 Å². The number of hydrogen-bond donors (Lipinski definition) is 3. The van der Waals surface area contributed by atoms with Crippen molar-refractivity contribution in [1.29, 1.82) is 0 Å². The first kappa shape index (κ1) is 64.3. The van der Waals surface area contributed by atoms with Crippen LogP contribution in [-0.4, -0.2) is 47.4 Å². The van der Waals surface area contributed by atoms with Gasteiger partial charge in [-0.3, -0.25) is 9.59 Å². The fourth-order valence-electron chi connectivity index (χ4n) is 9.16. The van der Waals surface area contributed by atoms with Crippen LogP contribution in [0.1, 0.15) is 322 Å². The van der Waals surface area contributed by atoms with Crippen LogP contribution in [0.5, 0.6) is 0 Å². The average molecular weight is 931 g/mol. The van der Waals surface area contributed by atoms with Crippen LogP contribution in [0.2, 0.25) is 0 Å². The number of amides is 1. The molecule has 0 aromatic carbocycles. The van der Waals surface area contributed by atoms with E-state index in [9.17, 15) is 19.8 Å². The number of ether oxygens (including phenoxy) is 1. The summed E-state index contributed by atoms with van der Waals surface area (Å²) in [7, 11) is 0. The molecular weight excluding hydrogens is 815 g/mol. The third-order valence-corrected chi connectivity index (χ3v) is 13.7. The topological polar surface area (TPSA) is 95.9 Å². The zero-order valence-corrected chi connectivity index (χ0v) is 44.4. The summed E-state index contributed by atoms with van der Waals surface area (Å²) in [6, 6.07) is -0.638. The Morgan fingerprint density at radius 2 is 0.712 bits per heavy atom. The van der Waals surface area contributed by atoms with E-state index in [1.165, 1.54) is 238 Å². The highest BCUT2D eigenvalue weighted by Gasteiger charge is 2.18. The number of aliphatic hydroxyl groups excluding tert-OH is 2. The van der Waals surface area contributed by atoms with Gasteiger partial charge in [0.05, 0.1) is 25.4 Å². The van der Waals surface area contributed by atoms with Crippen molar-refractivity contribution in [3.8, 4) is 0 Å². The molecule has 3 N–H and O–H groups in total. The predicted molar refractivity (Wildman–Crippen MR) is 287 cm³/mol. The van der Waals surface area contributed by atoms with Gasteiger partial charge in [0.15, 0.2) is 0 Å². The average Bonchev–Trinajstić information content (AvgIpc) is 3.32. The summed E-state index contributed by atoms with van der Waals surface area (Å²) >= 11 is 0. The minimum absolute atomic E-state index is 0.00208. The third-order valence-electron chi connectivity index (χ3n) is 13.7. The largest absolute Gasteiger partial charge is 0.466 e. The summed E-state index contributed by atoms with van der Waals surface area (Å²) in [6.45, 7) is 4.90. The Balaban J connectivity index is 3.49. The molecule has 2 unspecified atom stereocenters. The standard InChI is InChI=1S/C60H115NO5/c1-3-5-7-9-11-13-15-16-17-18-19-20-23-26-29-33-36-40-44-48-52-58(63)57(56-62)61-59(64)53-49-45-41-37-34-30-27-24-21-22-25-28-31-35-39-43-47-51-55-66-60(65)54-50-46-42-38-32-14-12-10-8-6-4-2/h24,27,48,52,57-58,62-63H,3-23,25-26,28-47,49-51,53-56H2,1-2H3,(H,61,64)/b27-24-,52-48+. The van der Waals surface area contributed by atoms with Crippen LogP contribution in [-0.2, 0) is 14.3 Å². The Labute approximate surface area is 411 Å². The molecule has 1 amide bonds. The molecule has 0 spiro atoms. The van der Waals surface area contributed by atoms with Crippen LogP contribution in [0.3, 0.4) is 0 Å². The number of carbonyl (C=O) groups is 2. The van der Waals surface area contributed by atoms with E-state index in [1.807, 2.05) is 6.08 Å². The smallest absolute Gasteiger partial charge is 0.305 e. The van der Waals surface area contributed by atoms with Crippen LogP contribution < -0.4 is 5.32 Å². The molecule has 0 radical (unpaired) electrons. The molecule has 0 aliphatic rings. The molecule has 0 saturated carbocycles. The van der Waals surface area contributed by atoms with Crippen LogP contribution in [0, 0.1) is 0 Å². The maximum atomic E-state index is 12.5. The number of hydrogen-bond acceptors (Lipinski definition) is 5. The van der Waals surface area contributed by atoms with Crippen LogP contribution >= 0.6 is 0 Å². The Morgan fingerprint density at radius 3 is 1.08 bits per heavy atom. The second kappa shape index (κ2) is 55.9. The van der Waals surface area contributed by atoms with Crippen molar-refractivity contribution in [1.82, 2.24) is 5.32 Å². The molecule has 0 aliphatic carbocycles. The molecule has 0 aliphatic heterocycles. The lowest BCUT2D eigenvalue weighted by atomic mass is 10.0. The highest BCUT2D eigenvalue weighted by Crippen LogP contribution is 2.17. The van der Waals surface area contributed by atoms with E-state index in [2.05, 4.69) is 31.3 Å². The SMILES string of the molecule is CCCCCCCCCCCCCCCCCCCC/C=C/C(O)C(CO)NC(=O)CCCCCCC/C=C\CCCCCCCCCCCOC(=O)CCCCCCCCCCCCC. The number of rotatable bonds is 55. The number of unbranched alkanes of at least 4 members (excludes halogenated alkanes) is 42. The van der Waals surface area contributed by atoms with Gasteiger partial charge in [-0.25, -0.2) is 0 Å². The number of nitrogens with one attached hydrogen (secondary N) is 1. The molecule has 66 heavy (non-hydrogen) atoms. The highest BCUT2D eigenvalue weighted by molar-refractivity contribution is 5.76. The van der Waals surface area contributed by atoms with Gasteiger partial charge in [0.25, 0.3) is 0 Å². The zero-order valence-electron chi connectivity index (χ0n) is 44.4. The van der Waals surface area contributed by atoms with E-state index >= 15 is 0 Å². The molecule has 390 valence electrons. The number of carbonyl (C=O) groups excluding carboxylic acids is 2. The predicted octanol–water partition coefficient (Wildman–Crippen LogP) is 18.2. The fourth-order valence-corrected chi connectivity index (χ4v) is 9.16. The molecule has 0 fully saturated rings. The van der Waals surface area contributed by atoms with Crippen molar-refractivity contribution in [2.45, 2.75) is 334 Å². The van der Waals surface area contributed by atoms with Gasteiger partial charge in [0.1, 0.15) is 0 Å². The Kier molecular flexibility index (Phi) is 54.5. The molecule has 6 nitrogen and oxygen atoms in total. The van der Waals surface area contributed by atoms with Crippen LogP contribution in [0.25, 0.3) is 0 Å². The molecule has 0 bridgehead atoms. The van der Waals surface area contributed by atoms with Crippen molar-refractivity contribution < 1.29 is 24.5 Å². The van der Waals surface area contributed by atoms with Gasteiger partial charge in [-0.15, -0.1) is 0 Å². The first-order valence-corrected chi connectivity index (χ1v) is 29.6. The van der Waals surface area contributed by atoms with Crippen molar-refractivity contribution in [2.24, 2.45) is 0 Å². The van der Waals surface area contributed by atoms with Gasteiger partial charge in [0.2, 0.25) is 5.91 Å². The minimum Gasteiger partial charge on any atom is -0.466 e. The van der Waals surface area contributed by atoms with Crippen LogP contribution in [0.4, 0.5) is 0 Å². The summed E-state index contributed by atoms with van der Waals surface area (Å²) in [6.07, 6.45) is 67.7. The second-order valence-corrected chi connectivity index (χ2v) is 20.3. The summed E-state index contributed by atoms with van der Waals surface area (Å²) in [4.78, 5) is 24.5. The Morgan fingerprint density at radius 1 is 0.409 bits per heavy atom. The Bertz CT molecular complexity index is 1030. The lowest BCUT2D eigenvalue weighted by Crippen LogP contribution is -2.45. The number of aliphatic hydroxyl groups is 2. The van der Waals surface area contributed by atoms with Gasteiger partial charge in [0, 0.05) is 12.8 Å². The highest BCUT2D eigenvalue weighted by atomic mass is 16.5. The van der Waals surface area contributed by atoms with Crippen LogP contribution in [0.15, 0.2) is 24.3 Å². The van der Waals surface area contributed by atoms with E-state index in [1.54, 1.807) is 6.08 Å². The first-order valence-electron chi connectivity index (χ1n) is 29.6. The quantitative estimate of drug-likeness (QED) is 0.0321. The van der Waals surface area contributed by atoms with Gasteiger partial charge in [-0.05, 0) is 57.8 Å². The van der Waals surface area contributed by atoms with E-state index in [0.717, 1.165) is 57.8 Å². The molecule has 2 atom stereocenters. The lowest BCUT2D eigenvalue weighted by molar-refractivity contribution is -0.143. The molecular formula is C60H115NO5. The van der Waals surface area contributed by atoms with E-state index in [-0.39, 0.29) is 18.5 Å². The number of esters is 1. The monoisotopic (exact) mass is 930 g/mol. The maximum absolute atomic E-state index is 12.5. The summed E-state index contributed by atoms with van der Waals surface area (Å²) in [5.74, 6) is -0.0777. The maximum Gasteiger partial charge on any atom is 0.305 e. The first-order chi connectivity index (χ1) is 32.5. The molecule has 6 heteroatoms. The molecule has 0 heterocycles. The normalized spacial score (nSPS) is 12.7. The molecule has 0 saturated heterocycles. The Hall–Kier alpha value is -1.66. The molecule has 0 rings (SSSR count). The fraction of sp³-hybridized carbons (Fsp3) is 0.900. The van der Waals surface area contributed by atoms with Gasteiger partial charge in [-0.1, -0.05) is 276 Å². The van der Waals surface area contributed by atoms with Crippen molar-refractivity contribution >= 4 is 11.9 Å². The van der Waals surface area contributed by atoms with E-state index in [4.69, 9.17) is 4.74 Å². The van der Waals surface area contributed by atoms with Gasteiger partial charge < -0.3 is 20.3 Å². The molecule has 0 aromatic rings. The zero-order chi connectivity index (χ0) is 47.9. The van der Waals surface area contributed by atoms with Gasteiger partial charge >= 0.3 is 5.97 Å². The van der Waals surface area contributed by atoms with E-state index < -0.39 is 12.1 Å².